The van der Waals surface area contributed by atoms with Gasteiger partial charge in [-0.1, -0.05) is 29.8 Å². The summed E-state index contributed by atoms with van der Waals surface area (Å²) in [5, 5.41) is 4.58. The minimum Gasteiger partial charge on any atom is -0.354 e. The maximum Gasteiger partial charge on any atom is 0.259 e. The molecule has 2 aromatic heterocycles. The molecule has 5 rings (SSSR count). The molecule has 1 aromatic carbocycles. The van der Waals surface area contributed by atoms with E-state index in [2.05, 4.69) is 20.2 Å². The van der Waals surface area contributed by atoms with E-state index in [-0.39, 0.29) is 23.9 Å². The van der Waals surface area contributed by atoms with Gasteiger partial charge in [0.15, 0.2) is 0 Å². The molecule has 1 fully saturated rings. The number of benzene rings is 1. The minimum atomic E-state index is -0.0670. The zero-order chi connectivity index (χ0) is 22.8. The summed E-state index contributed by atoms with van der Waals surface area (Å²) in [6.07, 6.45) is 7.35. The molecule has 0 saturated carbocycles. The number of amides is 1. The van der Waals surface area contributed by atoms with Crippen LogP contribution in [0.4, 0.5) is 0 Å². The van der Waals surface area contributed by atoms with Crippen molar-refractivity contribution in [2.24, 2.45) is 0 Å². The van der Waals surface area contributed by atoms with Gasteiger partial charge < -0.3 is 10.3 Å². The van der Waals surface area contributed by atoms with Crippen molar-refractivity contribution in [1.29, 1.82) is 0 Å². The number of thiophene rings is 1. The maximum absolute atomic E-state index is 12.7. The van der Waals surface area contributed by atoms with Crippen molar-refractivity contribution in [2.75, 3.05) is 19.6 Å². The Labute approximate surface area is 202 Å². The van der Waals surface area contributed by atoms with Crippen LogP contribution < -0.4 is 10.9 Å². The minimum absolute atomic E-state index is 0.0422. The summed E-state index contributed by atoms with van der Waals surface area (Å²) in [4.78, 5) is 37.5. The molecule has 1 unspecified atom stereocenters. The highest BCUT2D eigenvalue weighted by molar-refractivity contribution is 7.18. The summed E-state index contributed by atoms with van der Waals surface area (Å²) >= 11 is 8.11. The van der Waals surface area contributed by atoms with Crippen molar-refractivity contribution in [3.63, 3.8) is 0 Å². The van der Waals surface area contributed by atoms with Gasteiger partial charge in [-0.3, -0.25) is 14.5 Å². The van der Waals surface area contributed by atoms with E-state index in [4.69, 9.17) is 11.6 Å². The number of rotatable bonds is 7. The smallest absolute Gasteiger partial charge is 0.259 e. The van der Waals surface area contributed by atoms with E-state index in [9.17, 15) is 9.59 Å². The molecule has 0 spiro atoms. The molecule has 0 radical (unpaired) electrons. The largest absolute Gasteiger partial charge is 0.354 e. The highest BCUT2D eigenvalue weighted by atomic mass is 35.5. The summed E-state index contributed by atoms with van der Waals surface area (Å²) in [6.45, 7) is 2.55. The van der Waals surface area contributed by atoms with E-state index in [0.717, 1.165) is 53.2 Å². The molecule has 174 valence electrons. The Morgan fingerprint density at radius 3 is 2.79 bits per heavy atom. The van der Waals surface area contributed by atoms with Crippen LogP contribution in [0.25, 0.3) is 10.2 Å². The van der Waals surface area contributed by atoms with Crippen molar-refractivity contribution >= 4 is 39.1 Å². The van der Waals surface area contributed by atoms with Gasteiger partial charge in [-0.2, -0.15) is 0 Å². The first-order valence-corrected chi connectivity index (χ1v) is 13.1. The molecule has 1 amide bonds. The number of hydrogen-bond donors (Lipinski definition) is 2. The fourth-order valence-electron chi connectivity index (χ4n) is 5.09. The molecule has 8 heteroatoms. The lowest BCUT2D eigenvalue weighted by molar-refractivity contribution is -0.121. The second-order valence-corrected chi connectivity index (χ2v) is 10.5. The summed E-state index contributed by atoms with van der Waals surface area (Å²) in [6, 6.07) is 7.94. The highest BCUT2D eigenvalue weighted by Gasteiger charge is 2.25. The number of aromatic nitrogens is 2. The molecule has 3 aromatic rings. The highest BCUT2D eigenvalue weighted by Crippen LogP contribution is 2.33. The number of nitrogens with zero attached hydrogens (tertiary/aromatic N) is 2. The van der Waals surface area contributed by atoms with Gasteiger partial charge in [0.2, 0.25) is 5.91 Å². The van der Waals surface area contributed by atoms with Crippen LogP contribution in [0.2, 0.25) is 5.02 Å². The third-order valence-corrected chi connectivity index (χ3v) is 8.33. The normalized spacial score (nSPS) is 17.2. The predicted molar refractivity (Wildman–Crippen MR) is 133 cm³/mol. The summed E-state index contributed by atoms with van der Waals surface area (Å²) in [5.41, 5.74) is 2.17. The SMILES string of the molecule is O=C(CCc1nc2sc3c(c2c(=O)[nH]1)CCCC3)NCC(c1ccccc1Cl)N1CCCC1. The molecule has 2 aliphatic rings. The first-order valence-electron chi connectivity index (χ1n) is 11.9. The van der Waals surface area contributed by atoms with Gasteiger partial charge in [0.1, 0.15) is 10.7 Å². The van der Waals surface area contributed by atoms with E-state index < -0.39 is 0 Å². The number of carbonyl (C=O) groups excluding carboxylic acids is 1. The molecule has 6 nitrogen and oxygen atoms in total. The van der Waals surface area contributed by atoms with Crippen LogP contribution in [0.3, 0.4) is 0 Å². The number of aryl methyl sites for hydroxylation is 3. The zero-order valence-corrected chi connectivity index (χ0v) is 20.2. The van der Waals surface area contributed by atoms with Crippen molar-refractivity contribution in [3.05, 3.63) is 61.5 Å². The van der Waals surface area contributed by atoms with Gasteiger partial charge >= 0.3 is 0 Å². The lowest BCUT2D eigenvalue weighted by Gasteiger charge is -2.29. The number of hydrogen-bond acceptors (Lipinski definition) is 5. The Bertz CT molecular complexity index is 1210. The Morgan fingerprint density at radius 2 is 1.97 bits per heavy atom. The molecule has 2 N–H and O–H groups in total. The van der Waals surface area contributed by atoms with Crippen molar-refractivity contribution in [2.45, 2.75) is 57.4 Å². The number of halogens is 1. The molecule has 1 atom stereocenters. The van der Waals surface area contributed by atoms with Gasteiger partial charge in [0.05, 0.1) is 11.4 Å². The van der Waals surface area contributed by atoms with Crippen LogP contribution in [-0.4, -0.2) is 40.4 Å². The van der Waals surface area contributed by atoms with Crippen LogP contribution >= 0.6 is 22.9 Å². The Balaban J connectivity index is 1.24. The molecule has 33 heavy (non-hydrogen) atoms. The van der Waals surface area contributed by atoms with Gasteiger partial charge in [0, 0.05) is 29.3 Å². The van der Waals surface area contributed by atoms with E-state index >= 15 is 0 Å². The molecule has 3 heterocycles. The number of H-pyrrole nitrogens is 1. The number of nitrogens with one attached hydrogen (secondary N) is 2. The van der Waals surface area contributed by atoms with Gasteiger partial charge in [-0.05, 0) is 68.8 Å². The predicted octanol–water partition coefficient (Wildman–Crippen LogP) is 4.40. The second-order valence-electron chi connectivity index (χ2n) is 8.99. The monoisotopic (exact) mass is 484 g/mol. The van der Waals surface area contributed by atoms with Crippen LogP contribution in [0.15, 0.2) is 29.1 Å². The molecule has 1 aliphatic heterocycles. The van der Waals surface area contributed by atoms with Crippen LogP contribution in [0, 0.1) is 0 Å². The second kappa shape index (κ2) is 9.95. The fourth-order valence-corrected chi connectivity index (χ4v) is 6.63. The standard InChI is InChI=1S/C25H29ClN4O2S/c26-18-9-3-1-7-16(18)19(30-13-5-6-14-30)15-27-22(31)12-11-21-28-24(32)23-17-8-2-4-10-20(17)33-25(23)29-21/h1,3,7,9,19H,2,4-6,8,10-15H2,(H,27,31)(H,28,29,32). The fraction of sp³-hybridized carbons (Fsp3) is 0.480. The third kappa shape index (κ3) is 4.86. The van der Waals surface area contributed by atoms with Crippen molar-refractivity contribution < 1.29 is 4.79 Å². The number of fused-ring (bicyclic) bond motifs is 3. The van der Waals surface area contributed by atoms with E-state index in [0.29, 0.717) is 18.8 Å². The van der Waals surface area contributed by atoms with Gasteiger partial charge in [0.25, 0.3) is 5.56 Å². The Kier molecular flexibility index (Phi) is 6.81. The van der Waals surface area contributed by atoms with Crippen molar-refractivity contribution in [1.82, 2.24) is 20.2 Å². The number of likely N-dealkylation sites (tertiary alicyclic amines) is 1. The summed E-state index contributed by atoms with van der Waals surface area (Å²) in [7, 11) is 0. The topological polar surface area (TPSA) is 78.1 Å². The molecular formula is C25H29ClN4O2S. The quantitative estimate of drug-likeness (QED) is 0.521. The number of aromatic amines is 1. The van der Waals surface area contributed by atoms with Gasteiger partial charge in [-0.25, -0.2) is 4.98 Å². The van der Waals surface area contributed by atoms with Gasteiger partial charge in [-0.15, -0.1) is 11.3 Å². The summed E-state index contributed by atoms with van der Waals surface area (Å²) in [5.74, 6) is 0.544. The first-order chi connectivity index (χ1) is 16.1. The Morgan fingerprint density at radius 1 is 1.18 bits per heavy atom. The van der Waals surface area contributed by atoms with E-state index in [1.54, 1.807) is 11.3 Å². The van der Waals surface area contributed by atoms with Crippen molar-refractivity contribution in [3.8, 4) is 0 Å². The lowest BCUT2D eigenvalue weighted by atomic mass is 9.97. The molecule has 1 saturated heterocycles. The Hall–Kier alpha value is -2.22. The third-order valence-electron chi connectivity index (χ3n) is 6.80. The van der Waals surface area contributed by atoms with Crippen LogP contribution in [0.1, 0.15) is 60.0 Å². The molecule has 1 aliphatic carbocycles. The van der Waals surface area contributed by atoms with Crippen LogP contribution in [0.5, 0.6) is 0 Å². The zero-order valence-electron chi connectivity index (χ0n) is 18.7. The van der Waals surface area contributed by atoms with E-state index in [1.807, 2.05) is 24.3 Å². The molecule has 0 bridgehead atoms. The molecular weight excluding hydrogens is 456 g/mol. The first kappa shape index (κ1) is 22.6. The number of carbonyl (C=O) groups is 1. The van der Waals surface area contributed by atoms with E-state index in [1.165, 1.54) is 29.7 Å². The average molecular weight is 485 g/mol. The average Bonchev–Trinajstić information content (AvgIpc) is 3.47. The van der Waals surface area contributed by atoms with Crippen LogP contribution in [-0.2, 0) is 24.1 Å². The lowest BCUT2D eigenvalue weighted by Crippen LogP contribution is -2.37. The summed E-state index contributed by atoms with van der Waals surface area (Å²) < 4.78 is 0. The maximum atomic E-state index is 12.7.